The molecule has 0 aromatic heterocycles. The summed E-state index contributed by atoms with van der Waals surface area (Å²) in [5.74, 6) is -54.5. The lowest BCUT2D eigenvalue weighted by Crippen LogP contribution is -2.75. The Labute approximate surface area is 154 Å². The largest absolute Gasteiger partial charge is 0.460 e. The van der Waals surface area contributed by atoms with Crippen molar-refractivity contribution in [1.82, 2.24) is 0 Å². The first-order chi connectivity index (χ1) is 13.0. The molecule has 0 saturated heterocycles. The molecule has 0 bridgehead atoms. The molecular weight excluding hydrogens is 512 g/mol. The van der Waals surface area contributed by atoms with E-state index in [1.807, 2.05) is 0 Å². The Bertz CT molecular complexity index is 761. The van der Waals surface area contributed by atoms with Gasteiger partial charge in [-0.05, 0) is 0 Å². The maximum absolute atomic E-state index is 14.1. The zero-order chi connectivity index (χ0) is 25.7. The number of allylic oxidation sites excluding steroid dienone is 2. The average Bonchev–Trinajstić information content (AvgIpc) is 2.50. The Morgan fingerprint density at radius 1 is 0.452 bits per heavy atom. The summed E-state index contributed by atoms with van der Waals surface area (Å²) in [7, 11) is 0. The predicted molar refractivity (Wildman–Crippen MR) is 53.8 cm³/mol. The van der Waals surface area contributed by atoms with E-state index in [-0.39, 0.29) is 0 Å². The van der Waals surface area contributed by atoms with Gasteiger partial charge in [-0.15, -0.1) is 0 Å². The summed E-state index contributed by atoms with van der Waals surface area (Å²) in [4.78, 5) is 0. The van der Waals surface area contributed by atoms with Crippen LogP contribution in [0.4, 0.5) is 87.8 Å². The molecule has 20 heteroatoms. The molecule has 31 heavy (non-hydrogen) atoms. The predicted octanol–water partition coefficient (Wildman–Crippen LogP) is 6.87. The molecule has 0 spiro atoms. The van der Waals surface area contributed by atoms with Crippen LogP contribution in [-0.4, -0.2) is 53.6 Å². The van der Waals surface area contributed by atoms with Crippen LogP contribution in [0, 0.1) is 0 Å². The van der Waals surface area contributed by atoms with Crippen LogP contribution >= 0.6 is 0 Å². The van der Waals surface area contributed by atoms with Crippen LogP contribution in [0.1, 0.15) is 0 Å². The highest BCUT2D eigenvalue weighted by Crippen LogP contribution is 2.69. The quantitative estimate of drug-likeness (QED) is 0.363. The highest BCUT2D eigenvalue weighted by molar-refractivity contribution is 5.45. The first kappa shape index (κ1) is 27.4. The molecule has 1 atom stereocenters. The van der Waals surface area contributed by atoms with Gasteiger partial charge in [-0.2, -0.15) is 79.0 Å². The van der Waals surface area contributed by atoms with Gasteiger partial charge in [0.15, 0.2) is 5.83 Å². The fourth-order valence-corrected chi connectivity index (χ4v) is 2.22. The van der Waals surface area contributed by atoms with Gasteiger partial charge in [0.25, 0.3) is 0 Å². The van der Waals surface area contributed by atoms with Crippen LogP contribution in [-0.2, 0) is 0 Å². The standard InChI is InChI=1S/C11F20/c12-2-1(4(14,15)7(20,21)8(22,23)5(2,16)17)3(13,10(26,27)28)6(18,19)9(24,25)11(29,30)31. The molecular formula is C11F20. The van der Waals surface area contributed by atoms with Crippen LogP contribution in [0.5, 0.6) is 0 Å². The zero-order valence-corrected chi connectivity index (χ0v) is 13.1. The Balaban J connectivity index is 4.33. The number of hydrogen-bond donors (Lipinski definition) is 0. The highest BCUT2D eigenvalue weighted by atomic mass is 19.4. The first-order valence-electron chi connectivity index (χ1n) is 6.53. The smallest absolute Gasteiger partial charge is 0.221 e. The Morgan fingerprint density at radius 2 is 0.774 bits per heavy atom. The van der Waals surface area contributed by atoms with Crippen molar-refractivity contribution in [3.8, 4) is 0 Å². The van der Waals surface area contributed by atoms with E-state index >= 15 is 0 Å². The molecule has 0 radical (unpaired) electrons. The molecule has 0 aromatic carbocycles. The maximum atomic E-state index is 14.1. The van der Waals surface area contributed by atoms with Crippen molar-refractivity contribution in [2.24, 2.45) is 0 Å². The van der Waals surface area contributed by atoms with Gasteiger partial charge in [-0.3, -0.25) is 0 Å². The second-order valence-electron chi connectivity index (χ2n) is 5.79. The SMILES string of the molecule is FC1=C(C(F)(C(F)(F)F)C(F)(F)C(F)(F)C(F)(F)F)C(F)(F)C(F)(F)C(F)(F)C1(F)F. The summed E-state index contributed by atoms with van der Waals surface area (Å²) >= 11 is 0. The van der Waals surface area contributed by atoms with E-state index in [2.05, 4.69) is 0 Å². The van der Waals surface area contributed by atoms with Gasteiger partial charge in [0.1, 0.15) is 0 Å². The van der Waals surface area contributed by atoms with Crippen molar-refractivity contribution in [1.29, 1.82) is 0 Å². The van der Waals surface area contributed by atoms with Gasteiger partial charge >= 0.3 is 53.6 Å². The van der Waals surface area contributed by atoms with Gasteiger partial charge in [0.2, 0.25) is 0 Å². The second-order valence-corrected chi connectivity index (χ2v) is 5.79. The van der Waals surface area contributed by atoms with Gasteiger partial charge < -0.3 is 0 Å². The summed E-state index contributed by atoms with van der Waals surface area (Å²) in [6.07, 6.45) is -16.4. The minimum absolute atomic E-state index is 5.47. The zero-order valence-electron chi connectivity index (χ0n) is 13.1. The molecule has 0 fully saturated rings. The lowest BCUT2D eigenvalue weighted by atomic mass is 9.73. The van der Waals surface area contributed by atoms with Gasteiger partial charge in [-0.1, -0.05) is 0 Å². The highest BCUT2D eigenvalue weighted by Gasteiger charge is 2.95. The second kappa shape index (κ2) is 6.22. The molecule has 1 aliphatic carbocycles. The number of hydrogen-bond acceptors (Lipinski definition) is 0. The summed E-state index contributed by atoms with van der Waals surface area (Å²) in [5, 5.41) is 0. The minimum Gasteiger partial charge on any atom is -0.221 e. The van der Waals surface area contributed by atoms with E-state index in [1.54, 1.807) is 0 Å². The van der Waals surface area contributed by atoms with E-state index in [1.165, 1.54) is 0 Å². The van der Waals surface area contributed by atoms with E-state index in [0.29, 0.717) is 0 Å². The summed E-state index contributed by atoms with van der Waals surface area (Å²) in [5.41, 5.74) is -14.5. The summed E-state index contributed by atoms with van der Waals surface area (Å²) in [6, 6.07) is 0. The Morgan fingerprint density at radius 3 is 1.06 bits per heavy atom. The number of alkyl halides is 19. The number of rotatable bonds is 3. The van der Waals surface area contributed by atoms with Gasteiger partial charge in [0, 0.05) is 0 Å². The fourth-order valence-electron chi connectivity index (χ4n) is 2.22. The molecule has 0 amide bonds. The van der Waals surface area contributed by atoms with Crippen LogP contribution in [0.3, 0.4) is 0 Å². The lowest BCUT2D eigenvalue weighted by Gasteiger charge is -2.47. The van der Waals surface area contributed by atoms with Gasteiger partial charge in [0.05, 0.1) is 5.57 Å². The van der Waals surface area contributed by atoms with Crippen molar-refractivity contribution < 1.29 is 87.8 Å². The van der Waals surface area contributed by atoms with E-state index in [4.69, 9.17) is 0 Å². The van der Waals surface area contributed by atoms with Crippen LogP contribution in [0.25, 0.3) is 0 Å². The summed E-state index contributed by atoms with van der Waals surface area (Å²) < 4.78 is 260. The average molecular weight is 512 g/mol. The topological polar surface area (TPSA) is 0 Å². The van der Waals surface area contributed by atoms with Crippen LogP contribution in [0.15, 0.2) is 11.4 Å². The van der Waals surface area contributed by atoms with E-state index < -0.39 is 65.0 Å². The fraction of sp³-hybridized carbons (Fsp3) is 0.818. The van der Waals surface area contributed by atoms with Crippen LogP contribution in [0.2, 0.25) is 0 Å². The van der Waals surface area contributed by atoms with Gasteiger partial charge in [-0.25, -0.2) is 8.78 Å². The molecule has 1 unspecified atom stereocenters. The Kier molecular flexibility index (Phi) is 5.50. The Hall–Kier alpha value is -1.66. The first-order valence-corrected chi connectivity index (χ1v) is 6.53. The maximum Gasteiger partial charge on any atom is 0.460 e. The van der Waals surface area contributed by atoms with Crippen molar-refractivity contribution in [3.05, 3.63) is 11.4 Å². The molecule has 0 aromatic rings. The van der Waals surface area contributed by atoms with Crippen molar-refractivity contribution in [2.75, 3.05) is 0 Å². The lowest BCUT2D eigenvalue weighted by molar-refractivity contribution is -0.417. The molecule has 0 nitrogen and oxygen atoms in total. The van der Waals surface area contributed by atoms with Crippen LogP contribution < -0.4 is 0 Å². The molecule has 1 aliphatic rings. The molecule has 1 rings (SSSR count). The third-order valence-electron chi connectivity index (χ3n) is 3.91. The number of halogens is 20. The molecule has 0 aliphatic heterocycles. The van der Waals surface area contributed by atoms with Crippen molar-refractivity contribution >= 4 is 0 Å². The normalized spacial score (nSPS) is 25.9. The molecule has 0 N–H and O–H groups in total. The van der Waals surface area contributed by atoms with E-state index in [0.717, 1.165) is 0 Å². The van der Waals surface area contributed by atoms with Crippen molar-refractivity contribution in [3.63, 3.8) is 0 Å². The monoisotopic (exact) mass is 512 g/mol. The minimum atomic E-state index is -8.81. The third-order valence-corrected chi connectivity index (χ3v) is 3.91. The summed E-state index contributed by atoms with van der Waals surface area (Å²) in [6.45, 7) is 0. The van der Waals surface area contributed by atoms with Crippen molar-refractivity contribution in [2.45, 2.75) is 53.6 Å². The van der Waals surface area contributed by atoms with E-state index in [9.17, 15) is 87.8 Å². The molecule has 0 heterocycles. The molecule has 0 saturated carbocycles. The molecule has 184 valence electrons. The third kappa shape index (κ3) is 2.83.